The van der Waals surface area contributed by atoms with Crippen LogP contribution < -0.4 is 10.3 Å². The third-order valence-electron chi connectivity index (χ3n) is 5.13. The maximum absolute atomic E-state index is 3.78. The van der Waals surface area contributed by atoms with E-state index in [-0.39, 0.29) is 0 Å². The van der Waals surface area contributed by atoms with Crippen LogP contribution in [0.3, 0.4) is 0 Å². The van der Waals surface area contributed by atoms with Crippen LogP contribution in [0.4, 0.5) is 11.4 Å². The lowest BCUT2D eigenvalue weighted by Gasteiger charge is -2.17. The van der Waals surface area contributed by atoms with Crippen LogP contribution in [0, 0.1) is 0 Å². The fourth-order valence-corrected chi connectivity index (χ4v) is 5.64. The van der Waals surface area contributed by atoms with Crippen molar-refractivity contribution >= 4 is 62.7 Å². The summed E-state index contributed by atoms with van der Waals surface area (Å²) in [5, 5.41) is 10.8. The van der Waals surface area contributed by atoms with Gasteiger partial charge < -0.3 is 5.32 Å². The summed E-state index contributed by atoms with van der Waals surface area (Å²) in [6.45, 7) is 8.97. The van der Waals surface area contributed by atoms with Gasteiger partial charge in [-0.05, 0) is 22.9 Å². The van der Waals surface area contributed by atoms with Crippen LogP contribution in [0.25, 0.3) is 21.5 Å². The van der Waals surface area contributed by atoms with E-state index in [4.69, 9.17) is 0 Å². The summed E-state index contributed by atoms with van der Waals surface area (Å²) in [4.78, 5) is 4.83. The van der Waals surface area contributed by atoms with Crippen molar-refractivity contribution < 1.29 is 4.99 Å². The lowest BCUT2D eigenvalue weighted by atomic mass is 10.1. The smallest absolute Gasteiger partial charge is 0.211 e. The van der Waals surface area contributed by atoms with Gasteiger partial charge in [-0.1, -0.05) is 94.4 Å². The monoisotopic (exact) mass is 471 g/mol. The summed E-state index contributed by atoms with van der Waals surface area (Å²) < 4.78 is 0. The SMILES string of the molecule is CC(C)S/C(C=[NH+]c1cccc2ccccc12)=C(/Nc1cccc2ccccc12)SC(C)C. The molecule has 4 rings (SSSR count). The topological polar surface area (TPSA) is 26.0 Å². The minimum atomic E-state index is 0.455. The average Bonchev–Trinajstić information content (AvgIpc) is 2.81. The molecule has 0 saturated heterocycles. The van der Waals surface area contributed by atoms with Gasteiger partial charge in [-0.2, -0.15) is 0 Å². The minimum absolute atomic E-state index is 0.455. The minimum Gasteiger partial charge on any atom is -0.349 e. The summed E-state index contributed by atoms with van der Waals surface area (Å²) in [5.74, 6) is 0. The van der Waals surface area contributed by atoms with Crippen molar-refractivity contribution in [3.8, 4) is 0 Å². The summed E-state index contributed by atoms with van der Waals surface area (Å²) in [5.41, 5.74) is 2.26. The number of benzene rings is 4. The van der Waals surface area contributed by atoms with Gasteiger partial charge in [0.1, 0.15) is 4.91 Å². The highest BCUT2D eigenvalue weighted by Crippen LogP contribution is 2.34. The Hall–Kier alpha value is -2.69. The predicted octanol–water partition coefficient (Wildman–Crippen LogP) is 7.34. The van der Waals surface area contributed by atoms with Gasteiger partial charge in [0.05, 0.1) is 10.4 Å². The number of hydrogen-bond donors (Lipinski definition) is 2. The molecule has 4 heteroatoms. The van der Waals surface area contributed by atoms with Gasteiger partial charge in [0.15, 0.2) is 6.21 Å². The normalized spacial score (nSPS) is 12.8. The number of allylic oxidation sites excluding steroid dienone is 1. The maximum atomic E-state index is 3.78. The highest BCUT2D eigenvalue weighted by atomic mass is 32.2. The molecule has 0 unspecified atom stereocenters. The van der Waals surface area contributed by atoms with E-state index in [9.17, 15) is 0 Å². The molecule has 0 bridgehead atoms. The van der Waals surface area contributed by atoms with Crippen molar-refractivity contribution in [3.63, 3.8) is 0 Å². The molecule has 0 saturated carbocycles. The Balaban J connectivity index is 1.78. The van der Waals surface area contributed by atoms with Crippen LogP contribution >= 0.6 is 23.5 Å². The molecule has 0 radical (unpaired) electrons. The Bertz CT molecular complexity index is 1290. The van der Waals surface area contributed by atoms with Crippen LogP contribution in [0.1, 0.15) is 27.7 Å². The van der Waals surface area contributed by atoms with Crippen molar-refractivity contribution in [2.45, 2.75) is 38.2 Å². The molecule has 0 aliphatic heterocycles. The van der Waals surface area contributed by atoms with Gasteiger partial charge >= 0.3 is 0 Å². The first-order chi connectivity index (χ1) is 16.0. The molecule has 33 heavy (non-hydrogen) atoms. The zero-order valence-electron chi connectivity index (χ0n) is 19.6. The summed E-state index contributed by atoms with van der Waals surface area (Å²) in [7, 11) is 0. The summed E-state index contributed by atoms with van der Waals surface area (Å²) in [6.07, 6.45) is 2.16. The fourth-order valence-electron chi connectivity index (χ4n) is 3.74. The number of nitrogens with one attached hydrogen (secondary N) is 2. The van der Waals surface area contributed by atoms with E-state index in [1.54, 1.807) is 0 Å². The molecule has 2 N–H and O–H groups in total. The molecular formula is C29H31N2S2+. The van der Waals surface area contributed by atoms with E-state index in [1.165, 1.54) is 31.5 Å². The predicted molar refractivity (Wildman–Crippen MR) is 151 cm³/mol. The molecule has 4 aromatic rings. The van der Waals surface area contributed by atoms with Gasteiger partial charge in [0, 0.05) is 27.6 Å². The third-order valence-corrected chi connectivity index (χ3v) is 7.33. The van der Waals surface area contributed by atoms with Crippen LogP contribution in [0.5, 0.6) is 0 Å². The Labute approximate surface area is 205 Å². The molecule has 0 heterocycles. The number of anilines is 1. The maximum Gasteiger partial charge on any atom is 0.211 e. The van der Waals surface area contributed by atoms with E-state index >= 15 is 0 Å². The Morgan fingerprint density at radius 1 is 0.697 bits per heavy atom. The van der Waals surface area contributed by atoms with Gasteiger partial charge in [0.2, 0.25) is 5.69 Å². The van der Waals surface area contributed by atoms with E-state index in [0.717, 1.165) is 11.4 Å². The third kappa shape index (κ3) is 6.01. The van der Waals surface area contributed by atoms with Crippen LogP contribution in [0.15, 0.2) is 94.9 Å². The molecule has 0 amide bonds. The van der Waals surface area contributed by atoms with Gasteiger partial charge in [-0.15, -0.1) is 23.5 Å². The Morgan fingerprint density at radius 3 is 1.97 bits per heavy atom. The lowest BCUT2D eigenvalue weighted by molar-refractivity contribution is -0.344. The van der Waals surface area contributed by atoms with Crippen LogP contribution in [0.2, 0.25) is 0 Å². The van der Waals surface area contributed by atoms with Crippen molar-refractivity contribution in [2.24, 2.45) is 0 Å². The lowest BCUT2D eigenvalue weighted by Crippen LogP contribution is -2.61. The molecule has 0 atom stereocenters. The second kappa shape index (κ2) is 11.0. The Kier molecular flexibility index (Phi) is 7.79. The molecule has 0 aliphatic carbocycles. The zero-order valence-corrected chi connectivity index (χ0v) is 21.3. The van der Waals surface area contributed by atoms with Gasteiger partial charge in [0.25, 0.3) is 0 Å². The quantitative estimate of drug-likeness (QED) is 0.263. The first-order valence-electron chi connectivity index (χ1n) is 11.4. The standard InChI is InChI=1S/C29H30N2S2/c1-20(2)32-28(19-30-26-17-9-13-22-11-5-7-15-24(22)26)29(33-21(3)4)31-27-18-10-14-23-12-6-8-16-25(23)27/h5-21,31H,1-4H3/p+1/b29-28-,30-19?. The van der Waals surface area contributed by atoms with Crippen LogP contribution in [-0.2, 0) is 0 Å². The first kappa shape index (κ1) is 23.5. The second-order valence-electron chi connectivity index (χ2n) is 8.49. The zero-order chi connectivity index (χ0) is 23.2. The van der Waals surface area contributed by atoms with Crippen molar-refractivity contribution in [3.05, 3.63) is 94.9 Å². The highest BCUT2D eigenvalue weighted by Gasteiger charge is 2.15. The summed E-state index contributed by atoms with van der Waals surface area (Å²) >= 11 is 3.75. The van der Waals surface area contributed by atoms with Crippen molar-refractivity contribution in [1.29, 1.82) is 0 Å². The van der Waals surface area contributed by atoms with Gasteiger partial charge in [-0.25, -0.2) is 4.99 Å². The number of rotatable bonds is 8. The van der Waals surface area contributed by atoms with E-state index in [2.05, 4.69) is 129 Å². The van der Waals surface area contributed by atoms with Crippen LogP contribution in [-0.4, -0.2) is 16.7 Å². The van der Waals surface area contributed by atoms with E-state index in [1.807, 2.05) is 23.5 Å². The molecule has 0 spiro atoms. The molecule has 4 aromatic carbocycles. The van der Waals surface area contributed by atoms with E-state index < -0.39 is 0 Å². The number of fused-ring (bicyclic) bond motifs is 2. The van der Waals surface area contributed by atoms with Gasteiger partial charge in [-0.3, -0.25) is 0 Å². The first-order valence-corrected chi connectivity index (χ1v) is 13.2. The molecule has 0 aromatic heterocycles. The van der Waals surface area contributed by atoms with Crippen molar-refractivity contribution in [1.82, 2.24) is 0 Å². The highest BCUT2D eigenvalue weighted by molar-refractivity contribution is 8.07. The Morgan fingerprint density at radius 2 is 1.27 bits per heavy atom. The number of thioether (sulfide) groups is 2. The van der Waals surface area contributed by atoms with Crippen molar-refractivity contribution in [2.75, 3.05) is 5.32 Å². The molecule has 168 valence electrons. The largest absolute Gasteiger partial charge is 0.349 e. The molecule has 0 fully saturated rings. The molecule has 0 aliphatic rings. The second-order valence-corrected chi connectivity index (χ2v) is 11.7. The molecule has 2 nitrogen and oxygen atoms in total. The average molecular weight is 472 g/mol. The summed E-state index contributed by atoms with van der Waals surface area (Å²) in [6, 6.07) is 29.9. The van der Waals surface area contributed by atoms with E-state index in [0.29, 0.717) is 10.5 Å². The fraction of sp³-hybridized carbons (Fsp3) is 0.207. The number of hydrogen-bond acceptors (Lipinski definition) is 3. The molecular weight excluding hydrogens is 440 g/mol.